The van der Waals surface area contributed by atoms with E-state index in [-0.39, 0.29) is 60.6 Å². The quantitative estimate of drug-likeness (QED) is 0.0743. The molecule has 22 heteroatoms. The molecule has 3 N–H and O–H groups in total. The fourth-order valence-electron chi connectivity index (χ4n) is 9.29. The number of benzene rings is 2. The molecular formula is C50H54F6N6O10. The van der Waals surface area contributed by atoms with Crippen molar-refractivity contribution in [2.24, 2.45) is 0 Å². The molecule has 6 atom stereocenters. The molecule has 386 valence electrons. The van der Waals surface area contributed by atoms with E-state index >= 15 is 0 Å². The number of pyridine rings is 2. The molecule has 4 bridgehead atoms. The standard InChI is InChI=1S/C27H30F3N3O5.C23H24F3N3O5/c1-4-6-9-38-25-23-27(36)32-14-21(22(37-5-2)8-7-15(32)3)33(23)13-18(24(25)34)26(35)31-12-17-19(29)10-16(28)11-20(17)30;1-3-34-18-5-4-11(2)28-10-17(18)29-9-14(20(30)21(31)19(29)23(28)33)22(32)27-8-13-15(25)6-12(24)7-16(13)26/h7-8,10-11,13,15,21-22H,4-6,9,12,14H2,1-3H3,(H,31,35);6-7,9,11,17-18,31H,3-5,8,10H2,1-2H3,(H,27,32)/t15-,21+,22-;11-,17+,18-/m00/s1. The third-order valence-corrected chi connectivity index (χ3v) is 13.1. The minimum Gasteiger partial charge on any atom is -0.503 e. The fourth-order valence-corrected chi connectivity index (χ4v) is 9.29. The number of carbonyl (C=O) groups is 4. The Morgan fingerprint density at radius 3 is 1.74 bits per heavy atom. The third kappa shape index (κ3) is 10.5. The molecule has 4 aliphatic rings. The minimum absolute atomic E-state index is 0.0229. The number of nitrogens with one attached hydrogen (secondary N) is 2. The molecule has 1 fully saturated rings. The first-order valence-corrected chi connectivity index (χ1v) is 23.6. The van der Waals surface area contributed by atoms with Gasteiger partial charge in [0.2, 0.25) is 10.9 Å². The zero-order valence-corrected chi connectivity index (χ0v) is 40.0. The van der Waals surface area contributed by atoms with Crippen LogP contribution in [0.4, 0.5) is 26.3 Å². The van der Waals surface area contributed by atoms with Crippen molar-refractivity contribution < 1.29 is 64.8 Å². The molecule has 4 amide bonds. The normalized spacial score (nSPS) is 20.9. The number of nitrogens with zero attached hydrogens (tertiary/aromatic N) is 4. The van der Waals surface area contributed by atoms with Crippen LogP contribution in [0.1, 0.15) is 125 Å². The molecule has 2 aromatic heterocycles. The van der Waals surface area contributed by atoms with Gasteiger partial charge in [-0.1, -0.05) is 25.5 Å². The second-order valence-corrected chi connectivity index (χ2v) is 17.7. The van der Waals surface area contributed by atoms with Gasteiger partial charge in [0.1, 0.15) is 46.0 Å². The van der Waals surface area contributed by atoms with Crippen LogP contribution in [-0.2, 0) is 22.6 Å². The predicted octanol–water partition coefficient (Wildman–Crippen LogP) is 6.22. The number of amides is 4. The van der Waals surface area contributed by atoms with Gasteiger partial charge in [-0.2, -0.15) is 0 Å². The maximum Gasteiger partial charge on any atom is 0.275 e. The van der Waals surface area contributed by atoms with Gasteiger partial charge in [0.05, 0.1) is 30.9 Å². The molecule has 2 aromatic carbocycles. The Hall–Kier alpha value is -6.94. The summed E-state index contributed by atoms with van der Waals surface area (Å²) >= 11 is 0. The molecule has 0 spiro atoms. The van der Waals surface area contributed by atoms with Gasteiger partial charge in [0, 0.05) is 99.3 Å². The van der Waals surface area contributed by atoms with Crippen LogP contribution < -0.4 is 26.2 Å². The molecule has 0 unspecified atom stereocenters. The molecule has 0 aliphatic carbocycles. The van der Waals surface area contributed by atoms with E-state index in [1.165, 1.54) is 21.5 Å². The predicted molar refractivity (Wildman–Crippen MR) is 247 cm³/mol. The minimum atomic E-state index is -1.19. The number of halogens is 6. The Morgan fingerprint density at radius 2 is 1.19 bits per heavy atom. The first kappa shape index (κ1) is 52.9. The van der Waals surface area contributed by atoms with E-state index in [2.05, 4.69) is 10.6 Å². The monoisotopic (exact) mass is 1010 g/mol. The molecule has 0 radical (unpaired) electrons. The largest absolute Gasteiger partial charge is 0.503 e. The Morgan fingerprint density at radius 1 is 0.681 bits per heavy atom. The summed E-state index contributed by atoms with van der Waals surface area (Å²) in [7, 11) is 0. The van der Waals surface area contributed by atoms with Crippen LogP contribution in [0.25, 0.3) is 0 Å². The van der Waals surface area contributed by atoms with Gasteiger partial charge in [-0.25, -0.2) is 26.3 Å². The second kappa shape index (κ2) is 22.2. The van der Waals surface area contributed by atoms with Gasteiger partial charge in [0.15, 0.2) is 22.9 Å². The lowest BCUT2D eigenvalue weighted by atomic mass is 10.0. The maximum absolute atomic E-state index is 14.1. The van der Waals surface area contributed by atoms with Crippen molar-refractivity contribution in [3.8, 4) is 11.5 Å². The summed E-state index contributed by atoms with van der Waals surface area (Å²) in [6.45, 7) is 9.56. The number of hydrogen-bond donors (Lipinski definition) is 3. The van der Waals surface area contributed by atoms with Gasteiger partial charge >= 0.3 is 0 Å². The van der Waals surface area contributed by atoms with Gasteiger partial charge in [0.25, 0.3) is 23.6 Å². The summed E-state index contributed by atoms with van der Waals surface area (Å²) in [6, 6.07) is 0.649. The molecular weight excluding hydrogens is 959 g/mol. The Balaban J connectivity index is 0.000000213. The summed E-state index contributed by atoms with van der Waals surface area (Å²) in [5.74, 6) is -10.9. The van der Waals surface area contributed by atoms with Gasteiger partial charge in [-0.15, -0.1) is 0 Å². The average Bonchev–Trinajstić information content (AvgIpc) is 3.56. The van der Waals surface area contributed by atoms with Crippen LogP contribution in [0.5, 0.6) is 11.5 Å². The zero-order chi connectivity index (χ0) is 52.3. The molecule has 72 heavy (non-hydrogen) atoms. The summed E-state index contributed by atoms with van der Waals surface area (Å²) in [5.41, 5.74) is -4.11. The van der Waals surface area contributed by atoms with Crippen molar-refractivity contribution in [2.75, 3.05) is 32.9 Å². The number of fused-ring (bicyclic) bond motifs is 8. The molecule has 4 aliphatic heterocycles. The average molecular weight is 1010 g/mol. The summed E-state index contributed by atoms with van der Waals surface area (Å²) in [4.78, 5) is 82.0. The van der Waals surface area contributed by atoms with E-state index in [0.29, 0.717) is 56.7 Å². The highest BCUT2D eigenvalue weighted by Gasteiger charge is 2.44. The summed E-state index contributed by atoms with van der Waals surface area (Å²) in [6.07, 6.45) is 8.05. The van der Waals surface area contributed by atoms with E-state index in [9.17, 15) is 60.2 Å². The number of carbonyl (C=O) groups excluding carboxylic acids is 4. The Labute approximate surface area is 409 Å². The number of unbranched alkanes of at least 4 members (excludes halogenated alkanes) is 1. The van der Waals surface area contributed by atoms with Crippen LogP contribution in [-0.4, -0.2) is 105 Å². The molecule has 6 heterocycles. The molecule has 0 saturated carbocycles. The number of aromatic nitrogens is 2. The third-order valence-electron chi connectivity index (χ3n) is 13.1. The van der Waals surface area contributed by atoms with Crippen LogP contribution in [0.3, 0.4) is 0 Å². The SMILES string of the molecule is CCCCOc1c2n(cc(C(=O)NCc3c(F)cc(F)cc3F)c1=O)[C@@H]1CN(C2=O)[C@@H](C)C=C[C@@H]1OCC.CCO[C@H]1CC[C@H](C)N2C[C@H]1n1cc(C(=O)NCc3c(F)cc(F)cc3F)c(=O)c(O)c1C2=O. The van der Waals surface area contributed by atoms with Crippen molar-refractivity contribution in [1.29, 1.82) is 0 Å². The van der Waals surface area contributed by atoms with Gasteiger partial charge in [-0.05, 0) is 47.0 Å². The van der Waals surface area contributed by atoms with Crippen molar-refractivity contribution in [2.45, 2.75) is 110 Å². The van der Waals surface area contributed by atoms with Crippen LogP contribution in [0, 0.1) is 34.9 Å². The number of ether oxygens (including phenoxy) is 3. The topological polar surface area (TPSA) is 191 Å². The van der Waals surface area contributed by atoms with E-state index in [0.717, 1.165) is 6.42 Å². The van der Waals surface area contributed by atoms with E-state index in [1.807, 2.05) is 46.8 Å². The van der Waals surface area contributed by atoms with Crippen LogP contribution >= 0.6 is 0 Å². The van der Waals surface area contributed by atoms with Gasteiger partial charge in [-0.3, -0.25) is 28.8 Å². The Bertz CT molecular complexity index is 2880. The van der Waals surface area contributed by atoms with Crippen molar-refractivity contribution in [3.63, 3.8) is 0 Å². The summed E-state index contributed by atoms with van der Waals surface area (Å²) in [5, 5.41) is 15.2. The number of aromatic hydroxyl groups is 1. The summed E-state index contributed by atoms with van der Waals surface area (Å²) < 4.78 is 103. The second-order valence-electron chi connectivity index (χ2n) is 17.7. The highest BCUT2D eigenvalue weighted by molar-refractivity contribution is 6.00. The highest BCUT2D eigenvalue weighted by Crippen LogP contribution is 2.37. The van der Waals surface area contributed by atoms with E-state index < -0.39 is 123 Å². The molecule has 8 rings (SSSR count). The van der Waals surface area contributed by atoms with Crippen molar-refractivity contribution in [1.82, 2.24) is 29.6 Å². The van der Waals surface area contributed by atoms with Crippen molar-refractivity contribution >= 4 is 23.6 Å². The number of rotatable bonds is 14. The molecule has 16 nitrogen and oxygen atoms in total. The first-order chi connectivity index (χ1) is 34.3. The van der Waals surface area contributed by atoms with Gasteiger partial charge < -0.3 is 48.9 Å². The molecule has 1 saturated heterocycles. The maximum atomic E-state index is 14.1. The molecule has 4 aromatic rings. The first-order valence-electron chi connectivity index (χ1n) is 23.6. The lowest BCUT2D eigenvalue weighted by Gasteiger charge is -2.39. The lowest BCUT2D eigenvalue weighted by molar-refractivity contribution is 0.0111. The highest BCUT2D eigenvalue weighted by atomic mass is 19.2. The lowest BCUT2D eigenvalue weighted by Crippen LogP contribution is -2.50. The van der Waals surface area contributed by atoms with Crippen LogP contribution in [0.15, 0.2) is 58.4 Å². The Kier molecular flexibility index (Phi) is 16.3. The van der Waals surface area contributed by atoms with Crippen molar-refractivity contribution in [3.05, 3.63) is 138 Å². The van der Waals surface area contributed by atoms with Crippen LogP contribution in [0.2, 0.25) is 0 Å². The van der Waals surface area contributed by atoms with E-state index in [4.69, 9.17) is 14.2 Å². The smallest absolute Gasteiger partial charge is 0.275 e. The number of hydrogen-bond acceptors (Lipinski definition) is 10. The fraction of sp³-hybridized carbons (Fsp3) is 0.440. The van der Waals surface area contributed by atoms with E-state index in [1.54, 1.807) is 9.80 Å². The zero-order valence-electron chi connectivity index (χ0n) is 40.0.